The van der Waals surface area contributed by atoms with Crippen molar-refractivity contribution < 1.29 is 23.8 Å². The maximum absolute atomic E-state index is 14.9. The van der Waals surface area contributed by atoms with Crippen LogP contribution in [0.3, 0.4) is 0 Å². The molecule has 1 unspecified atom stereocenters. The molecule has 0 saturated heterocycles. The average molecular weight is 400 g/mol. The van der Waals surface area contributed by atoms with E-state index in [1.165, 1.54) is 18.3 Å². The zero-order valence-electron chi connectivity index (χ0n) is 16.7. The zero-order valence-corrected chi connectivity index (χ0v) is 16.7. The van der Waals surface area contributed by atoms with Crippen molar-refractivity contribution in [1.29, 1.82) is 0 Å². The molecule has 0 radical (unpaired) electrons. The van der Waals surface area contributed by atoms with Crippen LogP contribution in [0.4, 0.5) is 10.2 Å². The Hall–Kier alpha value is -3.22. The van der Waals surface area contributed by atoms with Crippen molar-refractivity contribution in [3.8, 4) is 0 Å². The highest BCUT2D eigenvalue weighted by molar-refractivity contribution is 5.89. The first kappa shape index (κ1) is 22.1. The molecule has 0 saturated carbocycles. The number of aromatic nitrogens is 1. The Bertz CT molecular complexity index is 906. The Morgan fingerprint density at radius 3 is 2.62 bits per heavy atom. The first-order chi connectivity index (χ1) is 13.6. The number of nitrogens with one attached hydrogen (secondary N) is 1. The van der Waals surface area contributed by atoms with Gasteiger partial charge in [0.1, 0.15) is 17.2 Å². The fourth-order valence-corrected chi connectivity index (χ4v) is 2.79. The van der Waals surface area contributed by atoms with Gasteiger partial charge in [0.05, 0.1) is 12.0 Å². The zero-order chi connectivity index (χ0) is 21.6. The molecule has 6 nitrogen and oxygen atoms in total. The lowest BCUT2D eigenvalue weighted by Gasteiger charge is -2.21. The van der Waals surface area contributed by atoms with Gasteiger partial charge in [-0.1, -0.05) is 12.1 Å². The summed E-state index contributed by atoms with van der Waals surface area (Å²) < 4.78 is 20.1. The van der Waals surface area contributed by atoms with Crippen molar-refractivity contribution in [3.63, 3.8) is 0 Å². The molecule has 29 heavy (non-hydrogen) atoms. The number of anilines is 1. The maximum atomic E-state index is 14.9. The fraction of sp³-hybridized carbons (Fsp3) is 0.318. The van der Waals surface area contributed by atoms with Gasteiger partial charge < -0.3 is 15.2 Å². The molecule has 0 aliphatic heterocycles. The van der Waals surface area contributed by atoms with Gasteiger partial charge in [-0.25, -0.2) is 14.2 Å². The van der Waals surface area contributed by atoms with Crippen LogP contribution >= 0.6 is 0 Å². The first-order valence-corrected chi connectivity index (χ1v) is 9.16. The lowest BCUT2D eigenvalue weighted by molar-refractivity contribution is -0.137. The number of halogens is 1. The van der Waals surface area contributed by atoms with Crippen LogP contribution in [0.5, 0.6) is 0 Å². The molecular weight excluding hydrogens is 375 g/mol. The SMILES string of the molecule is C=CCNc1cc(C(CC(=O)O)c2ccc(C(=O)OC(C)(C)C)cc2F)ccn1. The van der Waals surface area contributed by atoms with Crippen molar-refractivity contribution >= 4 is 17.8 Å². The Kier molecular flexibility index (Phi) is 7.09. The largest absolute Gasteiger partial charge is 0.481 e. The van der Waals surface area contributed by atoms with Crippen LogP contribution in [-0.2, 0) is 9.53 Å². The van der Waals surface area contributed by atoms with Crippen molar-refractivity contribution in [1.82, 2.24) is 4.98 Å². The molecule has 2 aromatic rings. The molecule has 0 aliphatic rings. The third-order valence-corrected chi connectivity index (χ3v) is 4.00. The third-order valence-electron chi connectivity index (χ3n) is 4.00. The third kappa shape index (κ3) is 6.41. The topological polar surface area (TPSA) is 88.5 Å². The molecule has 1 atom stereocenters. The second-order valence-electron chi connectivity index (χ2n) is 7.53. The Morgan fingerprint density at radius 1 is 1.31 bits per heavy atom. The van der Waals surface area contributed by atoms with E-state index in [0.29, 0.717) is 17.9 Å². The minimum atomic E-state index is -1.07. The molecule has 0 spiro atoms. The predicted molar refractivity (Wildman–Crippen MR) is 109 cm³/mol. The molecule has 1 aromatic carbocycles. The Labute approximate surface area is 169 Å². The van der Waals surface area contributed by atoms with Gasteiger partial charge >= 0.3 is 11.9 Å². The number of hydrogen-bond acceptors (Lipinski definition) is 5. The number of esters is 1. The molecule has 0 bridgehead atoms. The van der Waals surface area contributed by atoms with Crippen LogP contribution in [0, 0.1) is 5.82 Å². The van der Waals surface area contributed by atoms with E-state index in [1.807, 2.05) is 0 Å². The number of benzene rings is 1. The van der Waals surface area contributed by atoms with Crippen LogP contribution < -0.4 is 5.32 Å². The second kappa shape index (κ2) is 9.32. The lowest BCUT2D eigenvalue weighted by Crippen LogP contribution is -2.24. The highest BCUT2D eigenvalue weighted by Crippen LogP contribution is 2.31. The summed E-state index contributed by atoms with van der Waals surface area (Å²) in [6.07, 6.45) is 2.88. The van der Waals surface area contributed by atoms with Gasteiger partial charge in [0.25, 0.3) is 0 Å². The molecule has 154 valence electrons. The quantitative estimate of drug-likeness (QED) is 0.505. The van der Waals surface area contributed by atoms with Gasteiger partial charge in [-0.15, -0.1) is 6.58 Å². The summed E-state index contributed by atoms with van der Waals surface area (Å²) >= 11 is 0. The van der Waals surface area contributed by atoms with Gasteiger partial charge in [-0.05, 0) is 56.2 Å². The Morgan fingerprint density at radius 2 is 2.03 bits per heavy atom. The monoisotopic (exact) mass is 400 g/mol. The van der Waals surface area contributed by atoms with Crippen molar-refractivity contribution in [3.05, 3.63) is 71.7 Å². The minimum absolute atomic E-state index is 0.0679. The first-order valence-electron chi connectivity index (χ1n) is 9.16. The summed E-state index contributed by atoms with van der Waals surface area (Å²) in [5.41, 5.74) is 0.140. The summed E-state index contributed by atoms with van der Waals surface area (Å²) in [7, 11) is 0. The van der Waals surface area contributed by atoms with Crippen LogP contribution in [0.1, 0.15) is 54.6 Å². The van der Waals surface area contributed by atoms with E-state index in [4.69, 9.17) is 4.74 Å². The number of rotatable bonds is 8. The van der Waals surface area contributed by atoms with Crippen molar-refractivity contribution in [2.75, 3.05) is 11.9 Å². The Balaban J connectivity index is 2.39. The van der Waals surface area contributed by atoms with E-state index >= 15 is 0 Å². The van der Waals surface area contributed by atoms with E-state index in [-0.39, 0.29) is 17.5 Å². The van der Waals surface area contributed by atoms with Gasteiger partial charge in [0.2, 0.25) is 0 Å². The number of carbonyl (C=O) groups is 2. The number of carbonyl (C=O) groups excluding carboxylic acids is 1. The molecule has 1 aromatic heterocycles. The number of aliphatic carboxylic acids is 1. The molecule has 2 N–H and O–H groups in total. The number of pyridine rings is 1. The van der Waals surface area contributed by atoms with Crippen LogP contribution in [-0.4, -0.2) is 34.2 Å². The average Bonchev–Trinajstić information content (AvgIpc) is 2.63. The van der Waals surface area contributed by atoms with Crippen molar-refractivity contribution in [2.24, 2.45) is 0 Å². The van der Waals surface area contributed by atoms with Gasteiger partial charge in [-0.3, -0.25) is 4.79 Å². The van der Waals surface area contributed by atoms with Crippen LogP contribution in [0.15, 0.2) is 49.2 Å². The summed E-state index contributed by atoms with van der Waals surface area (Å²) in [4.78, 5) is 27.8. The van der Waals surface area contributed by atoms with Crippen molar-refractivity contribution in [2.45, 2.75) is 38.7 Å². The fourth-order valence-electron chi connectivity index (χ4n) is 2.79. The second-order valence-corrected chi connectivity index (χ2v) is 7.53. The number of carboxylic acid groups (broad SMARTS) is 1. The molecule has 0 amide bonds. The minimum Gasteiger partial charge on any atom is -0.481 e. The molecule has 2 rings (SSSR count). The van der Waals surface area contributed by atoms with E-state index in [2.05, 4.69) is 16.9 Å². The molecule has 7 heteroatoms. The molecule has 0 aliphatic carbocycles. The maximum Gasteiger partial charge on any atom is 0.338 e. The molecular formula is C22H25FN2O4. The summed E-state index contributed by atoms with van der Waals surface area (Å²) in [6.45, 7) is 9.27. The number of nitrogens with zero attached hydrogens (tertiary/aromatic N) is 1. The van der Waals surface area contributed by atoms with E-state index < -0.39 is 29.3 Å². The normalized spacial score (nSPS) is 12.1. The van der Waals surface area contributed by atoms with E-state index in [9.17, 15) is 19.1 Å². The van der Waals surface area contributed by atoms with E-state index in [1.54, 1.807) is 39.0 Å². The van der Waals surface area contributed by atoms with Gasteiger partial charge in [0.15, 0.2) is 0 Å². The highest BCUT2D eigenvalue weighted by Gasteiger charge is 2.24. The van der Waals surface area contributed by atoms with Crippen LogP contribution in [0.2, 0.25) is 0 Å². The molecule has 1 heterocycles. The van der Waals surface area contributed by atoms with E-state index in [0.717, 1.165) is 6.07 Å². The van der Waals surface area contributed by atoms with Crippen LogP contribution in [0.25, 0.3) is 0 Å². The lowest BCUT2D eigenvalue weighted by atomic mass is 9.88. The number of hydrogen-bond donors (Lipinski definition) is 2. The van der Waals surface area contributed by atoms with Gasteiger partial charge in [-0.2, -0.15) is 0 Å². The smallest absolute Gasteiger partial charge is 0.338 e. The summed E-state index contributed by atoms with van der Waals surface area (Å²) in [5.74, 6) is -2.59. The highest BCUT2D eigenvalue weighted by atomic mass is 19.1. The summed E-state index contributed by atoms with van der Waals surface area (Å²) in [6, 6.07) is 7.28. The van der Waals surface area contributed by atoms with Gasteiger partial charge in [0, 0.05) is 18.7 Å². The molecule has 0 fully saturated rings. The standard InChI is InChI=1S/C22H25FN2O4/c1-5-9-24-19-12-14(8-10-25-19)17(13-20(26)27)16-7-6-15(11-18(16)23)21(28)29-22(2,3)4/h5-8,10-12,17H,1,9,13H2,2-4H3,(H,24,25)(H,26,27). The predicted octanol–water partition coefficient (Wildman–Crippen LogP) is 4.38. The number of carboxylic acids is 1. The number of ether oxygens (including phenoxy) is 1. The summed E-state index contributed by atoms with van der Waals surface area (Å²) in [5, 5.41) is 12.4.